The number of hydrogen-bond acceptors (Lipinski definition) is 4. The summed E-state index contributed by atoms with van der Waals surface area (Å²) in [6, 6.07) is 0.494. The molecule has 2 rings (SSSR count). The molecule has 13 heavy (non-hydrogen) atoms. The lowest BCUT2D eigenvalue weighted by Crippen LogP contribution is -2.35. The van der Waals surface area contributed by atoms with Gasteiger partial charge in [-0.2, -0.15) is 0 Å². The number of rotatable bonds is 1. The van der Waals surface area contributed by atoms with Gasteiger partial charge >= 0.3 is 0 Å². The second-order valence-corrected chi connectivity index (χ2v) is 3.64. The van der Waals surface area contributed by atoms with Crippen molar-refractivity contribution in [2.24, 2.45) is 5.73 Å². The summed E-state index contributed by atoms with van der Waals surface area (Å²) in [5, 5.41) is 7.71. The zero-order valence-corrected chi connectivity index (χ0v) is 7.56. The van der Waals surface area contributed by atoms with E-state index in [2.05, 4.69) is 10.3 Å². The van der Waals surface area contributed by atoms with Crippen molar-refractivity contribution in [2.75, 3.05) is 5.73 Å². The SMILES string of the molecule is Nc1cn(C2CCCCC2N)nn1. The van der Waals surface area contributed by atoms with Crippen molar-refractivity contribution in [3.63, 3.8) is 0 Å². The highest BCUT2D eigenvalue weighted by molar-refractivity contribution is 5.20. The van der Waals surface area contributed by atoms with Crippen molar-refractivity contribution in [3.05, 3.63) is 6.20 Å². The molecule has 0 radical (unpaired) electrons. The molecule has 0 saturated heterocycles. The van der Waals surface area contributed by atoms with Crippen LogP contribution in [-0.4, -0.2) is 21.0 Å². The van der Waals surface area contributed by atoms with Crippen LogP contribution in [0.25, 0.3) is 0 Å². The zero-order chi connectivity index (χ0) is 9.26. The van der Waals surface area contributed by atoms with Crippen LogP contribution in [0.2, 0.25) is 0 Å². The summed E-state index contributed by atoms with van der Waals surface area (Å²) < 4.78 is 1.80. The second kappa shape index (κ2) is 3.33. The van der Waals surface area contributed by atoms with Crippen LogP contribution in [0, 0.1) is 0 Å². The fourth-order valence-corrected chi connectivity index (χ4v) is 1.92. The van der Waals surface area contributed by atoms with Crippen molar-refractivity contribution in [1.82, 2.24) is 15.0 Å². The highest BCUT2D eigenvalue weighted by Gasteiger charge is 2.23. The molecule has 1 aromatic rings. The van der Waals surface area contributed by atoms with Crippen LogP contribution in [0.5, 0.6) is 0 Å². The highest BCUT2D eigenvalue weighted by atomic mass is 15.4. The number of hydrogen-bond donors (Lipinski definition) is 2. The van der Waals surface area contributed by atoms with Gasteiger partial charge in [-0.15, -0.1) is 5.10 Å². The van der Waals surface area contributed by atoms with Gasteiger partial charge in [0.15, 0.2) is 5.82 Å². The minimum absolute atomic E-state index is 0.204. The van der Waals surface area contributed by atoms with Gasteiger partial charge in [-0.3, -0.25) is 0 Å². The van der Waals surface area contributed by atoms with Crippen LogP contribution < -0.4 is 11.5 Å². The van der Waals surface area contributed by atoms with Crippen LogP contribution in [0.1, 0.15) is 31.7 Å². The Hall–Kier alpha value is -1.10. The molecule has 72 valence electrons. The second-order valence-electron chi connectivity index (χ2n) is 3.64. The van der Waals surface area contributed by atoms with Crippen LogP contribution >= 0.6 is 0 Å². The predicted molar refractivity (Wildman–Crippen MR) is 49.9 cm³/mol. The summed E-state index contributed by atoms with van der Waals surface area (Å²) in [5.41, 5.74) is 11.5. The summed E-state index contributed by atoms with van der Waals surface area (Å²) in [4.78, 5) is 0. The van der Waals surface area contributed by atoms with Crippen LogP contribution in [0.3, 0.4) is 0 Å². The van der Waals surface area contributed by atoms with E-state index < -0.39 is 0 Å². The summed E-state index contributed by atoms with van der Waals surface area (Å²) in [6.07, 6.45) is 6.37. The maximum absolute atomic E-state index is 5.99. The van der Waals surface area contributed by atoms with E-state index >= 15 is 0 Å². The molecule has 1 aliphatic carbocycles. The monoisotopic (exact) mass is 181 g/mol. The zero-order valence-electron chi connectivity index (χ0n) is 7.56. The molecule has 1 heterocycles. The highest BCUT2D eigenvalue weighted by Crippen LogP contribution is 2.26. The number of anilines is 1. The summed E-state index contributed by atoms with van der Waals surface area (Å²) >= 11 is 0. The van der Waals surface area contributed by atoms with E-state index in [1.54, 1.807) is 10.9 Å². The van der Waals surface area contributed by atoms with Crippen LogP contribution in [0.15, 0.2) is 6.20 Å². The van der Waals surface area contributed by atoms with Gasteiger partial charge in [-0.1, -0.05) is 18.1 Å². The number of nitrogen functional groups attached to an aromatic ring is 1. The topological polar surface area (TPSA) is 82.8 Å². The Labute approximate surface area is 77.1 Å². The Morgan fingerprint density at radius 2 is 2.15 bits per heavy atom. The summed E-state index contributed by atoms with van der Waals surface area (Å²) in [5.74, 6) is 0.470. The Bertz CT molecular complexity index is 282. The molecule has 4 N–H and O–H groups in total. The Balaban J connectivity index is 2.14. The van der Waals surface area contributed by atoms with E-state index in [0.717, 1.165) is 12.8 Å². The van der Waals surface area contributed by atoms with E-state index in [9.17, 15) is 0 Å². The fourth-order valence-electron chi connectivity index (χ4n) is 1.92. The molecule has 0 amide bonds. The molecule has 1 aromatic heterocycles. The Morgan fingerprint density at radius 1 is 1.38 bits per heavy atom. The molecule has 0 spiro atoms. The molecule has 0 aromatic carbocycles. The standard InChI is InChI=1S/C8H15N5/c9-6-3-1-2-4-7(6)13-5-8(10)11-12-13/h5-7H,1-4,9-10H2. The number of nitrogens with zero attached hydrogens (tertiary/aromatic N) is 3. The van der Waals surface area contributed by atoms with Crippen molar-refractivity contribution in [2.45, 2.75) is 37.8 Å². The van der Waals surface area contributed by atoms with Gasteiger partial charge < -0.3 is 11.5 Å². The molecule has 2 unspecified atom stereocenters. The van der Waals surface area contributed by atoms with E-state index in [-0.39, 0.29) is 6.04 Å². The smallest absolute Gasteiger partial charge is 0.165 e. The van der Waals surface area contributed by atoms with Crippen LogP contribution in [0.4, 0.5) is 5.82 Å². The largest absolute Gasteiger partial charge is 0.381 e. The van der Waals surface area contributed by atoms with E-state index in [1.807, 2.05) is 0 Å². The molecule has 0 bridgehead atoms. The van der Waals surface area contributed by atoms with Gasteiger partial charge in [0, 0.05) is 6.04 Å². The minimum Gasteiger partial charge on any atom is -0.381 e. The average Bonchev–Trinajstić information content (AvgIpc) is 2.53. The molecule has 1 saturated carbocycles. The maximum atomic E-state index is 5.99. The third-order valence-electron chi connectivity index (χ3n) is 2.65. The van der Waals surface area contributed by atoms with Crippen molar-refractivity contribution < 1.29 is 0 Å². The van der Waals surface area contributed by atoms with Crippen LogP contribution in [-0.2, 0) is 0 Å². The van der Waals surface area contributed by atoms with Gasteiger partial charge in [0.1, 0.15) is 0 Å². The predicted octanol–water partition coefficient (Wildman–Crippen LogP) is 0.303. The summed E-state index contributed by atoms with van der Waals surface area (Å²) in [7, 11) is 0. The van der Waals surface area contributed by atoms with Gasteiger partial charge in [0.05, 0.1) is 12.2 Å². The van der Waals surface area contributed by atoms with Crippen molar-refractivity contribution >= 4 is 5.82 Å². The first-order chi connectivity index (χ1) is 6.27. The maximum Gasteiger partial charge on any atom is 0.165 e. The Morgan fingerprint density at radius 3 is 2.77 bits per heavy atom. The van der Waals surface area contributed by atoms with E-state index in [0.29, 0.717) is 11.9 Å². The molecule has 1 fully saturated rings. The minimum atomic E-state index is 0.204. The van der Waals surface area contributed by atoms with Gasteiger partial charge in [0.2, 0.25) is 0 Å². The van der Waals surface area contributed by atoms with Crippen molar-refractivity contribution in [3.8, 4) is 0 Å². The lowest BCUT2D eigenvalue weighted by Gasteiger charge is -2.27. The Kier molecular flexibility index (Phi) is 2.18. The third-order valence-corrected chi connectivity index (χ3v) is 2.65. The normalized spacial score (nSPS) is 29.0. The fraction of sp³-hybridized carbons (Fsp3) is 0.750. The van der Waals surface area contributed by atoms with Gasteiger partial charge in [0.25, 0.3) is 0 Å². The number of aromatic nitrogens is 3. The number of nitrogens with two attached hydrogens (primary N) is 2. The summed E-state index contributed by atoms with van der Waals surface area (Å²) in [6.45, 7) is 0. The quantitative estimate of drug-likeness (QED) is 0.653. The molecule has 2 atom stereocenters. The molecule has 5 heteroatoms. The van der Waals surface area contributed by atoms with E-state index in [4.69, 9.17) is 11.5 Å². The molecule has 0 aliphatic heterocycles. The first kappa shape index (κ1) is 8.50. The molecular weight excluding hydrogens is 166 g/mol. The lowest BCUT2D eigenvalue weighted by molar-refractivity contribution is 0.282. The molecule has 1 aliphatic rings. The first-order valence-electron chi connectivity index (χ1n) is 4.70. The van der Waals surface area contributed by atoms with E-state index in [1.165, 1.54) is 12.8 Å². The van der Waals surface area contributed by atoms with Crippen molar-refractivity contribution in [1.29, 1.82) is 0 Å². The average molecular weight is 181 g/mol. The third kappa shape index (κ3) is 1.65. The molecular formula is C8H15N5. The van der Waals surface area contributed by atoms with Gasteiger partial charge in [-0.25, -0.2) is 4.68 Å². The van der Waals surface area contributed by atoms with Gasteiger partial charge in [-0.05, 0) is 12.8 Å². The first-order valence-corrected chi connectivity index (χ1v) is 4.70. The lowest BCUT2D eigenvalue weighted by atomic mass is 9.91. The molecule has 5 nitrogen and oxygen atoms in total.